The predicted molar refractivity (Wildman–Crippen MR) is 39.1 cm³/mol. The number of ether oxygens (including phenoxy) is 2. The summed E-state index contributed by atoms with van der Waals surface area (Å²) in [6, 6.07) is 0.494. The van der Waals surface area contributed by atoms with Crippen molar-refractivity contribution < 1.29 is 9.47 Å². The summed E-state index contributed by atoms with van der Waals surface area (Å²) in [6.07, 6.45) is 0.251. The molecule has 10 heavy (non-hydrogen) atoms. The second-order valence-corrected chi connectivity index (χ2v) is 2.72. The molecule has 0 aromatic heterocycles. The van der Waals surface area contributed by atoms with Crippen LogP contribution in [-0.4, -0.2) is 39.0 Å². The van der Waals surface area contributed by atoms with Gasteiger partial charge in [-0.3, -0.25) is 0 Å². The lowest BCUT2D eigenvalue weighted by atomic mass is 10.2. The normalized spacial score (nSPS) is 34.2. The predicted octanol–water partition coefficient (Wildman–Crippen LogP) is 0.00970. The lowest BCUT2D eigenvalue weighted by molar-refractivity contribution is -0.0330. The van der Waals surface area contributed by atoms with Crippen molar-refractivity contribution in [2.45, 2.75) is 19.1 Å². The van der Waals surface area contributed by atoms with Crippen LogP contribution in [0.4, 0.5) is 0 Å². The number of hydrogen-bond acceptors (Lipinski definition) is 3. The fourth-order valence-electron chi connectivity index (χ4n) is 1.02. The van der Waals surface area contributed by atoms with Gasteiger partial charge in [0.25, 0.3) is 0 Å². The van der Waals surface area contributed by atoms with Gasteiger partial charge in [-0.05, 0) is 6.92 Å². The van der Waals surface area contributed by atoms with Gasteiger partial charge in [0.05, 0.1) is 19.3 Å². The molecule has 3 nitrogen and oxygen atoms in total. The first-order valence-corrected chi connectivity index (χ1v) is 3.67. The largest absolute Gasteiger partial charge is 0.382 e. The molecule has 1 fully saturated rings. The minimum Gasteiger partial charge on any atom is -0.382 e. The number of rotatable bonds is 2. The van der Waals surface area contributed by atoms with E-state index in [-0.39, 0.29) is 6.10 Å². The van der Waals surface area contributed by atoms with E-state index in [0.717, 1.165) is 13.2 Å². The van der Waals surface area contributed by atoms with Crippen molar-refractivity contribution in [3.63, 3.8) is 0 Å². The molecule has 1 heterocycles. The van der Waals surface area contributed by atoms with Crippen molar-refractivity contribution in [1.29, 1.82) is 0 Å². The summed E-state index contributed by atoms with van der Waals surface area (Å²) in [5.41, 5.74) is 0. The molecule has 0 unspecified atom stereocenters. The van der Waals surface area contributed by atoms with Crippen molar-refractivity contribution >= 4 is 0 Å². The molecule has 0 spiro atoms. The monoisotopic (exact) mass is 145 g/mol. The third-order valence-electron chi connectivity index (χ3n) is 1.63. The molecule has 3 heteroatoms. The summed E-state index contributed by atoms with van der Waals surface area (Å²) in [4.78, 5) is 0. The molecule has 0 radical (unpaired) electrons. The average Bonchev–Trinajstić information content (AvgIpc) is 1.95. The van der Waals surface area contributed by atoms with Crippen LogP contribution < -0.4 is 5.32 Å². The van der Waals surface area contributed by atoms with E-state index in [2.05, 4.69) is 12.2 Å². The van der Waals surface area contributed by atoms with Gasteiger partial charge >= 0.3 is 0 Å². The second-order valence-electron chi connectivity index (χ2n) is 2.72. The lowest BCUT2D eigenvalue weighted by Gasteiger charge is -2.27. The van der Waals surface area contributed by atoms with E-state index in [1.54, 1.807) is 7.11 Å². The molecule has 2 atom stereocenters. The summed E-state index contributed by atoms with van der Waals surface area (Å²) in [5.74, 6) is 0. The highest BCUT2D eigenvalue weighted by atomic mass is 16.5. The molecule has 0 aromatic rings. The molecule has 1 saturated heterocycles. The highest BCUT2D eigenvalue weighted by molar-refractivity contribution is 4.71. The molecule has 1 aliphatic rings. The highest BCUT2D eigenvalue weighted by Crippen LogP contribution is 1.99. The summed E-state index contributed by atoms with van der Waals surface area (Å²) in [6.45, 7) is 4.52. The van der Waals surface area contributed by atoms with Crippen LogP contribution in [0, 0.1) is 0 Å². The molecule has 0 saturated carbocycles. The number of methoxy groups -OCH3 is 1. The third kappa shape index (κ3) is 2.25. The molecule has 1 aliphatic heterocycles. The first-order valence-electron chi connectivity index (χ1n) is 3.67. The van der Waals surface area contributed by atoms with Crippen LogP contribution in [0.5, 0.6) is 0 Å². The van der Waals surface area contributed by atoms with Crippen molar-refractivity contribution in [2.75, 3.05) is 26.9 Å². The Kier molecular flexibility index (Phi) is 3.12. The van der Waals surface area contributed by atoms with E-state index in [1.165, 1.54) is 0 Å². The van der Waals surface area contributed by atoms with Crippen molar-refractivity contribution in [3.8, 4) is 0 Å². The summed E-state index contributed by atoms with van der Waals surface area (Å²) < 4.78 is 10.4. The molecule has 1 rings (SSSR count). The standard InChI is InChI=1S/C7H15NO2/c1-6-4-10-7(3-8-6)5-9-2/h6-8H,3-5H2,1-2H3/t6-,7-/m1/s1. The van der Waals surface area contributed by atoms with Gasteiger partial charge in [-0.1, -0.05) is 0 Å². The number of nitrogens with one attached hydrogen (secondary N) is 1. The smallest absolute Gasteiger partial charge is 0.0933 e. The van der Waals surface area contributed by atoms with Gasteiger partial charge in [0, 0.05) is 19.7 Å². The fraction of sp³-hybridized carbons (Fsp3) is 1.00. The number of hydrogen-bond donors (Lipinski definition) is 1. The Labute approximate surface area is 61.7 Å². The first-order chi connectivity index (χ1) is 4.83. The molecular formula is C7H15NO2. The van der Waals surface area contributed by atoms with E-state index in [0.29, 0.717) is 12.6 Å². The van der Waals surface area contributed by atoms with Gasteiger partial charge in [0.1, 0.15) is 0 Å². The van der Waals surface area contributed by atoms with Crippen molar-refractivity contribution in [1.82, 2.24) is 5.32 Å². The third-order valence-corrected chi connectivity index (χ3v) is 1.63. The second kappa shape index (κ2) is 3.91. The zero-order chi connectivity index (χ0) is 7.40. The quantitative estimate of drug-likeness (QED) is 0.593. The first kappa shape index (κ1) is 7.98. The van der Waals surface area contributed by atoms with E-state index >= 15 is 0 Å². The zero-order valence-corrected chi connectivity index (χ0v) is 6.59. The maximum atomic E-state index is 5.44. The van der Waals surface area contributed by atoms with Gasteiger partial charge in [-0.25, -0.2) is 0 Å². The maximum absolute atomic E-state index is 5.44. The van der Waals surface area contributed by atoms with E-state index < -0.39 is 0 Å². The van der Waals surface area contributed by atoms with Crippen LogP contribution >= 0.6 is 0 Å². The molecule has 0 aromatic carbocycles. The Bertz CT molecular complexity index is 89.6. The SMILES string of the molecule is COC[C@H]1CN[C@H](C)CO1. The number of morpholine rings is 1. The minimum atomic E-state index is 0.251. The summed E-state index contributed by atoms with van der Waals surface area (Å²) >= 11 is 0. The molecule has 0 aliphatic carbocycles. The van der Waals surface area contributed by atoms with Gasteiger partial charge in [-0.15, -0.1) is 0 Å². The molecule has 1 N–H and O–H groups in total. The maximum Gasteiger partial charge on any atom is 0.0933 e. The van der Waals surface area contributed by atoms with Crippen LogP contribution in [0.25, 0.3) is 0 Å². The molecule has 0 bridgehead atoms. The van der Waals surface area contributed by atoms with Crippen LogP contribution in [0.1, 0.15) is 6.92 Å². The Morgan fingerprint density at radius 2 is 2.50 bits per heavy atom. The van der Waals surface area contributed by atoms with E-state index in [1.807, 2.05) is 0 Å². The van der Waals surface area contributed by atoms with E-state index in [4.69, 9.17) is 9.47 Å². The summed E-state index contributed by atoms with van der Waals surface area (Å²) in [5, 5.41) is 3.31. The molecule has 60 valence electrons. The van der Waals surface area contributed by atoms with Gasteiger partial charge in [0.2, 0.25) is 0 Å². The molecule has 0 amide bonds. The topological polar surface area (TPSA) is 30.5 Å². The summed E-state index contributed by atoms with van der Waals surface area (Å²) in [7, 11) is 1.70. The van der Waals surface area contributed by atoms with Crippen LogP contribution in [0.2, 0.25) is 0 Å². The van der Waals surface area contributed by atoms with Gasteiger partial charge < -0.3 is 14.8 Å². The zero-order valence-electron chi connectivity index (χ0n) is 6.59. The fourth-order valence-corrected chi connectivity index (χ4v) is 1.02. The van der Waals surface area contributed by atoms with Crippen LogP contribution in [0.3, 0.4) is 0 Å². The highest BCUT2D eigenvalue weighted by Gasteiger charge is 2.16. The Morgan fingerprint density at radius 3 is 3.00 bits per heavy atom. The van der Waals surface area contributed by atoms with Gasteiger partial charge in [0.15, 0.2) is 0 Å². The molecular weight excluding hydrogens is 130 g/mol. The van der Waals surface area contributed by atoms with E-state index in [9.17, 15) is 0 Å². The van der Waals surface area contributed by atoms with Crippen molar-refractivity contribution in [3.05, 3.63) is 0 Å². The van der Waals surface area contributed by atoms with Crippen LogP contribution in [0.15, 0.2) is 0 Å². The minimum absolute atomic E-state index is 0.251. The van der Waals surface area contributed by atoms with Crippen LogP contribution in [-0.2, 0) is 9.47 Å². The lowest BCUT2D eigenvalue weighted by Crippen LogP contribution is -2.46. The van der Waals surface area contributed by atoms with Crippen molar-refractivity contribution in [2.24, 2.45) is 0 Å². The Hall–Kier alpha value is -0.120. The Morgan fingerprint density at radius 1 is 1.70 bits per heavy atom. The van der Waals surface area contributed by atoms with Gasteiger partial charge in [-0.2, -0.15) is 0 Å². The Balaban J connectivity index is 2.13. The average molecular weight is 145 g/mol.